The Balaban J connectivity index is 3.79. The van der Waals surface area contributed by atoms with Crippen LogP contribution in [0.4, 0.5) is 0 Å². The molecule has 0 aromatic rings. The highest BCUT2D eigenvalue weighted by Gasteiger charge is 2.27. The van der Waals surface area contributed by atoms with E-state index in [1.165, 1.54) is 13.8 Å². The third-order valence-electron chi connectivity index (χ3n) is 1.07. The number of hydrogen-bond acceptors (Lipinski definition) is 3. The fraction of sp³-hybridized carbons (Fsp3) is 1.00. The fourth-order valence-corrected chi connectivity index (χ4v) is 0.372. The Hall–Kier alpha value is -0.160. The summed E-state index contributed by atoms with van der Waals surface area (Å²) in [4.78, 5) is 3.51. The first-order valence-electron chi connectivity index (χ1n) is 2.64. The molecule has 2 N–H and O–H groups in total. The van der Waals surface area contributed by atoms with Crippen molar-refractivity contribution in [2.24, 2.45) is 0 Å². The van der Waals surface area contributed by atoms with Gasteiger partial charge in [-0.25, -0.2) is 0 Å². The SMILES string of the molecule is CC(C)(O)C(CO)O[O]. The summed E-state index contributed by atoms with van der Waals surface area (Å²) in [6, 6.07) is 0. The normalized spacial score (nSPS) is 15.7. The van der Waals surface area contributed by atoms with Gasteiger partial charge in [-0.15, -0.1) is 0 Å². The van der Waals surface area contributed by atoms with Gasteiger partial charge in [0, 0.05) is 0 Å². The fourth-order valence-electron chi connectivity index (χ4n) is 0.372. The largest absolute Gasteiger partial charge is 0.393 e. The molecule has 1 radical (unpaired) electrons. The van der Waals surface area contributed by atoms with E-state index in [2.05, 4.69) is 4.89 Å². The van der Waals surface area contributed by atoms with Gasteiger partial charge in [-0.05, 0) is 19.1 Å². The molecular weight excluding hydrogens is 124 g/mol. The van der Waals surface area contributed by atoms with E-state index < -0.39 is 18.3 Å². The van der Waals surface area contributed by atoms with E-state index in [-0.39, 0.29) is 0 Å². The summed E-state index contributed by atoms with van der Waals surface area (Å²) >= 11 is 0. The number of hydrogen-bond donors (Lipinski definition) is 2. The molecule has 0 amide bonds. The molecule has 55 valence electrons. The maximum absolute atomic E-state index is 9.69. The third-order valence-corrected chi connectivity index (χ3v) is 1.07. The Morgan fingerprint density at radius 1 is 1.67 bits per heavy atom. The minimum Gasteiger partial charge on any atom is -0.393 e. The molecule has 0 saturated heterocycles. The summed E-state index contributed by atoms with van der Waals surface area (Å²) in [5.41, 5.74) is -1.27. The lowest BCUT2D eigenvalue weighted by Crippen LogP contribution is -2.39. The van der Waals surface area contributed by atoms with Crippen molar-refractivity contribution in [3.05, 3.63) is 0 Å². The van der Waals surface area contributed by atoms with Gasteiger partial charge >= 0.3 is 0 Å². The Morgan fingerprint density at radius 3 is 2.11 bits per heavy atom. The number of aliphatic hydroxyl groups excluding tert-OH is 1. The molecule has 0 fully saturated rings. The van der Waals surface area contributed by atoms with E-state index in [1.54, 1.807) is 0 Å². The standard InChI is InChI=1S/C5H11O4/c1-5(2,7)4(3-6)9-8/h4,6-7H,3H2,1-2H3. The summed E-state index contributed by atoms with van der Waals surface area (Å²) in [6.07, 6.45) is -1.04. The monoisotopic (exact) mass is 135 g/mol. The lowest BCUT2D eigenvalue weighted by molar-refractivity contribution is -0.363. The zero-order valence-electron chi connectivity index (χ0n) is 5.50. The van der Waals surface area contributed by atoms with Crippen molar-refractivity contribution in [1.29, 1.82) is 0 Å². The zero-order chi connectivity index (χ0) is 7.49. The van der Waals surface area contributed by atoms with E-state index in [0.717, 1.165) is 0 Å². The molecule has 0 aliphatic heterocycles. The number of aliphatic hydroxyl groups is 2. The molecule has 0 spiro atoms. The molecule has 4 heteroatoms. The molecule has 0 heterocycles. The molecule has 0 rings (SSSR count). The highest BCUT2D eigenvalue weighted by Crippen LogP contribution is 2.10. The van der Waals surface area contributed by atoms with Crippen LogP contribution in [0.2, 0.25) is 0 Å². The van der Waals surface area contributed by atoms with Gasteiger partial charge in [-0.3, -0.25) is 0 Å². The second-order valence-corrected chi connectivity index (χ2v) is 2.42. The predicted octanol–water partition coefficient (Wildman–Crippen LogP) is -0.520. The van der Waals surface area contributed by atoms with Gasteiger partial charge < -0.3 is 10.2 Å². The lowest BCUT2D eigenvalue weighted by Gasteiger charge is -2.22. The van der Waals surface area contributed by atoms with Crippen LogP contribution in [0.15, 0.2) is 0 Å². The Labute approximate surface area is 53.6 Å². The average molecular weight is 135 g/mol. The van der Waals surface area contributed by atoms with Crippen LogP contribution in [-0.4, -0.2) is 28.5 Å². The minimum absolute atomic E-state index is 0.465. The van der Waals surface area contributed by atoms with Crippen molar-refractivity contribution in [2.75, 3.05) is 6.61 Å². The molecule has 1 atom stereocenters. The van der Waals surface area contributed by atoms with Crippen molar-refractivity contribution in [3.8, 4) is 0 Å². The molecule has 4 nitrogen and oxygen atoms in total. The van der Waals surface area contributed by atoms with Gasteiger partial charge in [0.15, 0.2) is 0 Å². The van der Waals surface area contributed by atoms with Crippen molar-refractivity contribution in [3.63, 3.8) is 0 Å². The molecule has 0 aromatic heterocycles. The molecule has 0 aliphatic rings. The smallest absolute Gasteiger partial charge is 0.147 e. The van der Waals surface area contributed by atoms with Crippen molar-refractivity contribution in [2.45, 2.75) is 25.6 Å². The average Bonchev–Trinajstić information content (AvgIpc) is 1.65. The topological polar surface area (TPSA) is 69.6 Å². The molecule has 0 saturated carbocycles. The van der Waals surface area contributed by atoms with Gasteiger partial charge in [0.2, 0.25) is 0 Å². The van der Waals surface area contributed by atoms with Crippen LogP contribution < -0.4 is 0 Å². The van der Waals surface area contributed by atoms with Crippen LogP contribution in [-0.2, 0) is 10.1 Å². The summed E-state index contributed by atoms with van der Waals surface area (Å²) in [5.74, 6) is 0. The summed E-state index contributed by atoms with van der Waals surface area (Å²) in [7, 11) is 0. The van der Waals surface area contributed by atoms with Crippen molar-refractivity contribution < 1.29 is 20.4 Å². The third kappa shape index (κ3) is 2.76. The first kappa shape index (κ1) is 8.84. The van der Waals surface area contributed by atoms with Crippen LogP contribution in [0.25, 0.3) is 0 Å². The van der Waals surface area contributed by atoms with Crippen LogP contribution in [0.3, 0.4) is 0 Å². The quantitative estimate of drug-likeness (QED) is 0.404. The van der Waals surface area contributed by atoms with E-state index in [1.807, 2.05) is 0 Å². The van der Waals surface area contributed by atoms with Crippen LogP contribution in [0, 0.1) is 0 Å². The maximum Gasteiger partial charge on any atom is 0.147 e. The summed E-state index contributed by atoms with van der Waals surface area (Å²) < 4.78 is 0. The van der Waals surface area contributed by atoms with Gasteiger partial charge in [0.25, 0.3) is 0 Å². The van der Waals surface area contributed by atoms with Gasteiger partial charge in [-0.2, -0.15) is 4.89 Å². The minimum atomic E-state index is -1.27. The van der Waals surface area contributed by atoms with Crippen LogP contribution >= 0.6 is 0 Å². The van der Waals surface area contributed by atoms with Gasteiger partial charge in [-0.1, -0.05) is 0 Å². The Bertz CT molecular complexity index is 71.5. The molecule has 0 aromatic carbocycles. The second-order valence-electron chi connectivity index (χ2n) is 2.42. The maximum atomic E-state index is 9.69. The van der Waals surface area contributed by atoms with E-state index in [0.29, 0.717) is 0 Å². The highest BCUT2D eigenvalue weighted by molar-refractivity contribution is 4.75. The highest BCUT2D eigenvalue weighted by atomic mass is 17.1. The summed E-state index contributed by atoms with van der Waals surface area (Å²) in [6.45, 7) is 2.32. The second kappa shape index (κ2) is 3.12. The van der Waals surface area contributed by atoms with Crippen LogP contribution in [0.1, 0.15) is 13.8 Å². The van der Waals surface area contributed by atoms with E-state index in [4.69, 9.17) is 10.2 Å². The van der Waals surface area contributed by atoms with E-state index in [9.17, 15) is 5.26 Å². The molecule has 0 bridgehead atoms. The molecule has 1 unspecified atom stereocenters. The van der Waals surface area contributed by atoms with Crippen LogP contribution in [0.5, 0.6) is 0 Å². The molecule has 9 heavy (non-hydrogen) atoms. The van der Waals surface area contributed by atoms with Gasteiger partial charge in [0.1, 0.15) is 6.10 Å². The van der Waals surface area contributed by atoms with Gasteiger partial charge in [0.05, 0.1) is 12.2 Å². The lowest BCUT2D eigenvalue weighted by atomic mass is 10.0. The van der Waals surface area contributed by atoms with Crippen molar-refractivity contribution >= 4 is 0 Å². The molecule has 0 aliphatic carbocycles. The predicted molar refractivity (Wildman–Crippen MR) is 28.9 cm³/mol. The zero-order valence-corrected chi connectivity index (χ0v) is 5.50. The van der Waals surface area contributed by atoms with Crippen molar-refractivity contribution in [1.82, 2.24) is 0 Å². The first-order valence-corrected chi connectivity index (χ1v) is 2.64. The Kier molecular flexibility index (Phi) is 3.07. The van der Waals surface area contributed by atoms with E-state index >= 15 is 0 Å². The molecular formula is C5H11O4. The summed E-state index contributed by atoms with van der Waals surface area (Å²) in [5, 5.41) is 27.1. The first-order chi connectivity index (χ1) is 4.02. The number of rotatable bonds is 3. The Morgan fingerprint density at radius 2 is 2.11 bits per heavy atom.